The average Bonchev–Trinajstić information content (AvgIpc) is 3.30. The first kappa shape index (κ1) is 32.5. The zero-order valence-corrected chi connectivity index (χ0v) is 31.4. The molecule has 0 radical (unpaired) electrons. The Labute approximate surface area is 334 Å². The van der Waals surface area contributed by atoms with E-state index in [1.54, 1.807) is 0 Å². The van der Waals surface area contributed by atoms with E-state index in [1.807, 2.05) is 24.3 Å². The summed E-state index contributed by atoms with van der Waals surface area (Å²) in [5.74, 6) is 1.93. The van der Waals surface area contributed by atoms with E-state index < -0.39 is 0 Å². The molecule has 0 aliphatic rings. The smallest absolute Gasteiger partial charge is 0.164 e. The molecule has 3 nitrogen and oxygen atoms in total. The standard InChI is InChI=1S/C55H33N3/c1-3-11-34(12-4-1)41-18-7-19-43(31-41)55-57-53(39-13-5-2-6-14-39)56-54(58-55)40-28-23-35(24-29-40)44-32-42-30-27-38-16-9-21-46-45-20-8-15-36-25-26-37-17-10-22-47(51(37)49(36)45)48(33-44)52(42)50(38)46/h1-33H. The molecule has 0 unspecified atom stereocenters. The van der Waals surface area contributed by atoms with Crippen molar-refractivity contribution in [3.8, 4) is 56.4 Å². The topological polar surface area (TPSA) is 38.7 Å². The monoisotopic (exact) mass is 735 g/mol. The van der Waals surface area contributed by atoms with Crippen LogP contribution in [0.5, 0.6) is 0 Å². The number of rotatable bonds is 5. The normalized spacial score (nSPS) is 11.8. The SMILES string of the molecule is c1ccc(-c2cccc(-c3nc(-c4ccccc4)nc(-c4ccc(-c5cc6ccc7cccc8c9cccc%10ccc%11cccc(c(c5)c6c78)c%11c%109)cc4)n3)c2)cc1. The van der Waals surface area contributed by atoms with Gasteiger partial charge in [0.2, 0.25) is 0 Å². The predicted octanol–water partition coefficient (Wildman–Crippen LogP) is 14.6. The third-order valence-electron chi connectivity index (χ3n) is 11.8. The molecule has 0 aliphatic carbocycles. The summed E-state index contributed by atoms with van der Waals surface area (Å²) in [6, 6.07) is 71.8. The summed E-state index contributed by atoms with van der Waals surface area (Å²) in [7, 11) is 0. The molecule has 58 heavy (non-hydrogen) atoms. The molecule has 0 saturated carbocycles. The molecular weight excluding hydrogens is 703 g/mol. The van der Waals surface area contributed by atoms with E-state index in [4.69, 9.17) is 15.0 Å². The summed E-state index contributed by atoms with van der Waals surface area (Å²) >= 11 is 0. The number of aromatic nitrogens is 3. The van der Waals surface area contributed by atoms with E-state index in [0.717, 1.165) is 33.4 Å². The summed E-state index contributed by atoms with van der Waals surface area (Å²) < 4.78 is 0. The zero-order valence-electron chi connectivity index (χ0n) is 31.4. The fourth-order valence-corrected chi connectivity index (χ4v) is 9.08. The van der Waals surface area contributed by atoms with Crippen molar-refractivity contribution in [3.63, 3.8) is 0 Å². The van der Waals surface area contributed by atoms with Crippen molar-refractivity contribution in [1.82, 2.24) is 15.0 Å². The molecule has 0 saturated heterocycles. The van der Waals surface area contributed by atoms with Gasteiger partial charge in [-0.3, -0.25) is 0 Å². The molecule has 0 spiro atoms. The van der Waals surface area contributed by atoms with Gasteiger partial charge in [0.1, 0.15) is 0 Å². The van der Waals surface area contributed by atoms with Crippen molar-refractivity contribution in [2.45, 2.75) is 0 Å². The largest absolute Gasteiger partial charge is 0.208 e. The van der Waals surface area contributed by atoms with Gasteiger partial charge in [-0.2, -0.15) is 0 Å². The van der Waals surface area contributed by atoms with Crippen molar-refractivity contribution in [2.24, 2.45) is 0 Å². The van der Waals surface area contributed by atoms with Crippen molar-refractivity contribution in [2.75, 3.05) is 0 Å². The molecule has 0 fully saturated rings. The van der Waals surface area contributed by atoms with Gasteiger partial charge in [0.25, 0.3) is 0 Å². The first-order valence-electron chi connectivity index (χ1n) is 19.8. The Morgan fingerprint density at radius 1 is 0.207 bits per heavy atom. The van der Waals surface area contributed by atoms with Gasteiger partial charge in [0.15, 0.2) is 17.5 Å². The van der Waals surface area contributed by atoms with Gasteiger partial charge in [-0.15, -0.1) is 0 Å². The Hall–Kier alpha value is -7.75. The number of fused-ring (bicyclic) bond motifs is 2. The summed E-state index contributed by atoms with van der Waals surface area (Å²) in [6.45, 7) is 0. The fraction of sp³-hybridized carbons (Fsp3) is 0. The Morgan fingerprint density at radius 2 is 0.603 bits per heavy atom. The molecule has 1 aromatic heterocycles. The van der Waals surface area contributed by atoms with E-state index in [-0.39, 0.29) is 0 Å². The molecule has 0 bridgehead atoms. The number of hydrogen-bond acceptors (Lipinski definition) is 3. The maximum Gasteiger partial charge on any atom is 0.164 e. The maximum absolute atomic E-state index is 5.10. The van der Waals surface area contributed by atoms with Gasteiger partial charge in [-0.05, 0) is 105 Å². The molecule has 0 atom stereocenters. The minimum atomic E-state index is 0.638. The highest BCUT2D eigenvalue weighted by Gasteiger charge is 2.17. The lowest BCUT2D eigenvalue weighted by molar-refractivity contribution is 1.07. The molecule has 0 amide bonds. The van der Waals surface area contributed by atoms with Crippen LogP contribution in [0.2, 0.25) is 0 Å². The second-order valence-electron chi connectivity index (χ2n) is 15.2. The van der Waals surface area contributed by atoms with Crippen LogP contribution in [0, 0.1) is 0 Å². The number of nitrogens with zero attached hydrogens (tertiary/aromatic N) is 3. The Kier molecular flexibility index (Phi) is 7.23. The van der Waals surface area contributed by atoms with Gasteiger partial charge in [0.05, 0.1) is 0 Å². The van der Waals surface area contributed by atoms with Crippen molar-refractivity contribution in [1.29, 1.82) is 0 Å². The van der Waals surface area contributed by atoms with Gasteiger partial charge in [-0.25, -0.2) is 15.0 Å². The molecule has 268 valence electrons. The summed E-state index contributed by atoms with van der Waals surface area (Å²) in [4.78, 5) is 15.1. The van der Waals surface area contributed by atoms with E-state index >= 15 is 0 Å². The highest BCUT2D eigenvalue weighted by molar-refractivity contribution is 6.37. The maximum atomic E-state index is 5.10. The summed E-state index contributed by atoms with van der Waals surface area (Å²) in [6.07, 6.45) is 0. The molecular formula is C55H33N3. The summed E-state index contributed by atoms with van der Waals surface area (Å²) in [5, 5.41) is 15.3. The molecule has 12 rings (SSSR count). The van der Waals surface area contributed by atoms with Crippen molar-refractivity contribution >= 4 is 64.6 Å². The van der Waals surface area contributed by atoms with Crippen molar-refractivity contribution in [3.05, 3.63) is 200 Å². The van der Waals surface area contributed by atoms with E-state index in [9.17, 15) is 0 Å². The van der Waals surface area contributed by atoms with E-state index in [2.05, 4.69) is 176 Å². The van der Waals surface area contributed by atoms with Crippen LogP contribution < -0.4 is 0 Å². The first-order chi connectivity index (χ1) is 28.7. The lowest BCUT2D eigenvalue weighted by Crippen LogP contribution is -2.00. The quantitative estimate of drug-likeness (QED) is 0.165. The lowest BCUT2D eigenvalue weighted by Gasteiger charge is -2.17. The minimum Gasteiger partial charge on any atom is -0.208 e. The predicted molar refractivity (Wildman–Crippen MR) is 243 cm³/mol. The molecule has 11 aromatic carbocycles. The first-order valence-corrected chi connectivity index (χ1v) is 19.8. The van der Waals surface area contributed by atoms with E-state index in [0.29, 0.717) is 17.5 Å². The Morgan fingerprint density at radius 3 is 1.19 bits per heavy atom. The van der Waals surface area contributed by atoms with Crippen LogP contribution in [0.15, 0.2) is 200 Å². The number of hydrogen-bond donors (Lipinski definition) is 0. The summed E-state index contributed by atoms with van der Waals surface area (Å²) in [5.41, 5.74) is 7.40. The molecule has 0 aliphatic heterocycles. The fourth-order valence-electron chi connectivity index (χ4n) is 9.08. The second kappa shape index (κ2) is 12.9. The van der Waals surface area contributed by atoms with Gasteiger partial charge in [-0.1, -0.05) is 182 Å². The van der Waals surface area contributed by atoms with Crippen LogP contribution in [0.3, 0.4) is 0 Å². The van der Waals surface area contributed by atoms with Gasteiger partial charge < -0.3 is 0 Å². The lowest BCUT2D eigenvalue weighted by atomic mass is 9.86. The third-order valence-corrected chi connectivity index (χ3v) is 11.8. The Balaban J connectivity index is 1.04. The minimum absolute atomic E-state index is 0.638. The molecule has 3 heteroatoms. The van der Waals surface area contributed by atoms with Crippen LogP contribution in [0.4, 0.5) is 0 Å². The van der Waals surface area contributed by atoms with Gasteiger partial charge in [0, 0.05) is 16.7 Å². The van der Waals surface area contributed by atoms with Crippen LogP contribution >= 0.6 is 0 Å². The second-order valence-corrected chi connectivity index (χ2v) is 15.2. The van der Waals surface area contributed by atoms with Crippen LogP contribution in [0.1, 0.15) is 0 Å². The molecule has 12 aromatic rings. The van der Waals surface area contributed by atoms with Crippen LogP contribution in [-0.2, 0) is 0 Å². The highest BCUT2D eigenvalue weighted by Crippen LogP contribution is 2.44. The van der Waals surface area contributed by atoms with Gasteiger partial charge >= 0.3 is 0 Å². The van der Waals surface area contributed by atoms with Crippen molar-refractivity contribution < 1.29 is 0 Å². The molecule has 1 heterocycles. The van der Waals surface area contributed by atoms with Crippen LogP contribution in [-0.4, -0.2) is 15.0 Å². The number of benzene rings is 10. The molecule has 0 N–H and O–H groups in total. The average molecular weight is 736 g/mol. The van der Waals surface area contributed by atoms with Crippen LogP contribution in [0.25, 0.3) is 121 Å². The highest BCUT2D eigenvalue weighted by atomic mass is 15.0. The Bertz CT molecular complexity index is 3530. The van der Waals surface area contributed by atoms with E-state index in [1.165, 1.54) is 70.2 Å². The third kappa shape index (κ3) is 5.18. The zero-order chi connectivity index (χ0) is 38.2.